The summed E-state index contributed by atoms with van der Waals surface area (Å²) in [7, 11) is 0. The molecule has 3 heteroatoms. The molecule has 0 aliphatic heterocycles. The van der Waals surface area contributed by atoms with Crippen molar-refractivity contribution < 1.29 is 0 Å². The molecule has 0 heterocycles. The number of rotatable bonds is 4. The second-order valence-electron chi connectivity index (χ2n) is 5.07. The molecule has 2 N–H and O–H groups in total. The van der Waals surface area contributed by atoms with Crippen molar-refractivity contribution in [3.8, 4) is 0 Å². The summed E-state index contributed by atoms with van der Waals surface area (Å²) >= 11 is 3.53. The van der Waals surface area contributed by atoms with Crippen LogP contribution >= 0.6 is 15.9 Å². The topological polar surface area (TPSA) is 29.3 Å². The van der Waals surface area contributed by atoms with Gasteiger partial charge in [0.05, 0.1) is 0 Å². The van der Waals surface area contributed by atoms with Crippen LogP contribution in [-0.4, -0.2) is 6.54 Å². The molecule has 20 heavy (non-hydrogen) atoms. The fraction of sp³-hybridized carbons (Fsp3) is 0.294. The zero-order chi connectivity index (χ0) is 14.7. The lowest BCUT2D eigenvalue weighted by atomic mass is 10.0. The molecule has 2 rings (SSSR count). The van der Waals surface area contributed by atoms with Crippen molar-refractivity contribution in [2.75, 3.05) is 11.4 Å². The van der Waals surface area contributed by atoms with E-state index in [4.69, 9.17) is 5.73 Å². The molecule has 0 fully saturated rings. The van der Waals surface area contributed by atoms with Gasteiger partial charge in [0.15, 0.2) is 0 Å². The van der Waals surface area contributed by atoms with E-state index in [1.54, 1.807) is 0 Å². The Morgan fingerprint density at radius 3 is 2.35 bits per heavy atom. The molecule has 0 aliphatic carbocycles. The van der Waals surface area contributed by atoms with Gasteiger partial charge in [0, 0.05) is 28.4 Å². The molecule has 1 atom stereocenters. The van der Waals surface area contributed by atoms with Crippen molar-refractivity contribution >= 4 is 27.3 Å². The Balaban J connectivity index is 2.49. The molecule has 0 aromatic heterocycles. The maximum Gasteiger partial charge on any atom is 0.0459 e. The second kappa shape index (κ2) is 6.42. The number of hydrogen-bond donors (Lipinski definition) is 1. The van der Waals surface area contributed by atoms with E-state index < -0.39 is 0 Å². The maximum atomic E-state index is 6.13. The highest BCUT2D eigenvalue weighted by Gasteiger charge is 2.14. The highest BCUT2D eigenvalue weighted by atomic mass is 79.9. The average Bonchev–Trinajstić information content (AvgIpc) is 2.43. The molecule has 0 aliphatic rings. The molecule has 0 bridgehead atoms. The number of halogens is 1. The van der Waals surface area contributed by atoms with Crippen molar-refractivity contribution in [1.29, 1.82) is 0 Å². The lowest BCUT2D eigenvalue weighted by Gasteiger charge is -2.27. The number of nitrogens with two attached hydrogens (primary N) is 1. The summed E-state index contributed by atoms with van der Waals surface area (Å²) in [6.07, 6.45) is 0. The monoisotopic (exact) mass is 332 g/mol. The summed E-state index contributed by atoms with van der Waals surface area (Å²) in [5, 5.41) is 0. The SMILES string of the molecule is CCN(c1ccc(C)cc1)c1ccc(Br)cc1C(C)N. The Hall–Kier alpha value is -1.32. The third-order valence-corrected chi connectivity index (χ3v) is 3.93. The largest absolute Gasteiger partial charge is 0.341 e. The number of benzene rings is 2. The second-order valence-corrected chi connectivity index (χ2v) is 5.99. The first kappa shape index (κ1) is 15.1. The Bertz CT molecular complexity index is 576. The Labute approximate surface area is 129 Å². The zero-order valence-electron chi connectivity index (χ0n) is 12.2. The van der Waals surface area contributed by atoms with Crippen LogP contribution in [0.15, 0.2) is 46.9 Å². The predicted molar refractivity (Wildman–Crippen MR) is 90.6 cm³/mol. The molecular formula is C17H21BrN2. The third kappa shape index (κ3) is 3.22. The lowest BCUT2D eigenvalue weighted by molar-refractivity contribution is 0.810. The van der Waals surface area contributed by atoms with Gasteiger partial charge in [-0.05, 0) is 56.7 Å². The van der Waals surface area contributed by atoms with E-state index in [0.717, 1.165) is 16.6 Å². The van der Waals surface area contributed by atoms with Gasteiger partial charge < -0.3 is 10.6 Å². The van der Waals surface area contributed by atoms with Crippen LogP contribution in [0.25, 0.3) is 0 Å². The van der Waals surface area contributed by atoms with E-state index in [1.165, 1.54) is 16.9 Å². The Morgan fingerprint density at radius 1 is 1.15 bits per heavy atom. The smallest absolute Gasteiger partial charge is 0.0459 e. The molecule has 2 nitrogen and oxygen atoms in total. The normalized spacial score (nSPS) is 12.2. The summed E-state index contributed by atoms with van der Waals surface area (Å²) in [4.78, 5) is 2.30. The van der Waals surface area contributed by atoms with E-state index >= 15 is 0 Å². The standard InChI is InChI=1S/C17H21BrN2/c1-4-20(15-8-5-12(2)6-9-15)17-10-7-14(18)11-16(17)13(3)19/h5-11,13H,4,19H2,1-3H3. The quantitative estimate of drug-likeness (QED) is 0.859. The van der Waals surface area contributed by atoms with Gasteiger partial charge in [0.1, 0.15) is 0 Å². The predicted octanol–water partition coefficient (Wildman–Crippen LogP) is 4.94. The minimum Gasteiger partial charge on any atom is -0.341 e. The zero-order valence-corrected chi connectivity index (χ0v) is 13.8. The van der Waals surface area contributed by atoms with Crippen molar-refractivity contribution in [3.63, 3.8) is 0 Å². The van der Waals surface area contributed by atoms with Crippen molar-refractivity contribution in [2.24, 2.45) is 5.73 Å². The first-order chi connectivity index (χ1) is 9.52. The summed E-state index contributed by atoms with van der Waals surface area (Å²) in [5.41, 5.74) is 10.9. The first-order valence-corrected chi connectivity index (χ1v) is 7.71. The van der Waals surface area contributed by atoms with E-state index in [1.807, 2.05) is 6.92 Å². The Kier molecular flexibility index (Phi) is 4.84. The summed E-state index contributed by atoms with van der Waals surface area (Å²) in [5.74, 6) is 0. The lowest BCUT2D eigenvalue weighted by Crippen LogP contribution is -2.20. The molecule has 0 saturated heterocycles. The van der Waals surface area contributed by atoms with Crippen molar-refractivity contribution in [3.05, 3.63) is 58.1 Å². The van der Waals surface area contributed by atoms with Gasteiger partial charge in [-0.15, -0.1) is 0 Å². The summed E-state index contributed by atoms with van der Waals surface area (Å²) in [6.45, 7) is 7.19. The van der Waals surface area contributed by atoms with Crippen LogP contribution in [0.1, 0.15) is 31.0 Å². The minimum atomic E-state index is 0.00185. The van der Waals surface area contributed by atoms with Crippen LogP contribution < -0.4 is 10.6 Å². The molecule has 0 saturated carbocycles. The fourth-order valence-electron chi connectivity index (χ4n) is 2.35. The van der Waals surface area contributed by atoms with Gasteiger partial charge in [-0.3, -0.25) is 0 Å². The van der Waals surface area contributed by atoms with E-state index in [9.17, 15) is 0 Å². The van der Waals surface area contributed by atoms with Crippen LogP contribution in [0.4, 0.5) is 11.4 Å². The molecule has 0 amide bonds. The molecule has 2 aromatic rings. The van der Waals surface area contributed by atoms with E-state index in [0.29, 0.717) is 0 Å². The van der Waals surface area contributed by atoms with Gasteiger partial charge in [0.2, 0.25) is 0 Å². The summed E-state index contributed by atoms with van der Waals surface area (Å²) in [6, 6.07) is 14.9. The molecule has 2 aromatic carbocycles. The van der Waals surface area contributed by atoms with Gasteiger partial charge in [-0.2, -0.15) is 0 Å². The highest BCUT2D eigenvalue weighted by Crippen LogP contribution is 2.33. The van der Waals surface area contributed by atoms with Crippen molar-refractivity contribution in [2.45, 2.75) is 26.8 Å². The molecule has 0 spiro atoms. The van der Waals surface area contributed by atoms with Crippen LogP contribution in [0.5, 0.6) is 0 Å². The Morgan fingerprint density at radius 2 is 1.80 bits per heavy atom. The molecule has 1 unspecified atom stereocenters. The first-order valence-electron chi connectivity index (χ1n) is 6.92. The summed E-state index contributed by atoms with van der Waals surface area (Å²) < 4.78 is 1.06. The van der Waals surface area contributed by atoms with Gasteiger partial charge in [-0.25, -0.2) is 0 Å². The van der Waals surface area contributed by atoms with Gasteiger partial charge in [0.25, 0.3) is 0 Å². The number of aryl methyl sites for hydroxylation is 1. The third-order valence-electron chi connectivity index (χ3n) is 3.43. The number of anilines is 2. The molecule has 0 radical (unpaired) electrons. The van der Waals surface area contributed by atoms with Crippen LogP contribution in [-0.2, 0) is 0 Å². The molecular weight excluding hydrogens is 312 g/mol. The van der Waals surface area contributed by atoms with Crippen LogP contribution in [0.2, 0.25) is 0 Å². The van der Waals surface area contributed by atoms with E-state index in [2.05, 4.69) is 77.1 Å². The average molecular weight is 333 g/mol. The van der Waals surface area contributed by atoms with E-state index in [-0.39, 0.29) is 6.04 Å². The van der Waals surface area contributed by atoms with Crippen molar-refractivity contribution in [1.82, 2.24) is 0 Å². The van der Waals surface area contributed by atoms with Crippen LogP contribution in [0, 0.1) is 6.92 Å². The fourth-order valence-corrected chi connectivity index (χ4v) is 2.73. The maximum absolute atomic E-state index is 6.13. The molecule has 106 valence electrons. The van der Waals surface area contributed by atoms with Gasteiger partial charge in [-0.1, -0.05) is 33.6 Å². The minimum absolute atomic E-state index is 0.00185. The number of nitrogens with zero attached hydrogens (tertiary/aromatic N) is 1. The highest BCUT2D eigenvalue weighted by molar-refractivity contribution is 9.10. The number of hydrogen-bond acceptors (Lipinski definition) is 2. The van der Waals surface area contributed by atoms with Crippen LogP contribution in [0.3, 0.4) is 0 Å². The van der Waals surface area contributed by atoms with Gasteiger partial charge >= 0.3 is 0 Å².